The van der Waals surface area contributed by atoms with Crippen LogP contribution in [0.25, 0.3) is 16.7 Å². The summed E-state index contributed by atoms with van der Waals surface area (Å²) in [6, 6.07) is 18.6. The summed E-state index contributed by atoms with van der Waals surface area (Å²) in [7, 11) is 0. The monoisotopic (exact) mass is 477 g/mol. The Hall–Kier alpha value is -3.78. The summed E-state index contributed by atoms with van der Waals surface area (Å²) in [6.07, 6.45) is 2.27. The maximum atomic E-state index is 13.7. The lowest BCUT2D eigenvalue weighted by Gasteiger charge is -2.33. The largest absolute Gasteiger partial charge is 0.465 e. The van der Waals surface area contributed by atoms with Crippen molar-refractivity contribution in [2.45, 2.75) is 25.4 Å². The Morgan fingerprint density at radius 3 is 2.65 bits per heavy atom. The summed E-state index contributed by atoms with van der Waals surface area (Å²) < 4.78 is 3.52. The van der Waals surface area contributed by atoms with Gasteiger partial charge in [0, 0.05) is 36.0 Å². The molecule has 1 amide bonds. The van der Waals surface area contributed by atoms with Gasteiger partial charge >= 0.3 is 6.09 Å². The van der Waals surface area contributed by atoms with E-state index in [1.165, 1.54) is 0 Å². The number of imidazole rings is 1. The van der Waals surface area contributed by atoms with Crippen LogP contribution in [0.1, 0.15) is 18.4 Å². The van der Waals surface area contributed by atoms with E-state index >= 15 is 0 Å². The van der Waals surface area contributed by atoms with Crippen LogP contribution in [-0.2, 0) is 6.54 Å². The molecule has 2 aromatic heterocycles. The van der Waals surface area contributed by atoms with E-state index < -0.39 is 6.09 Å². The zero-order valence-electron chi connectivity index (χ0n) is 18.4. The van der Waals surface area contributed by atoms with E-state index in [1.54, 1.807) is 10.8 Å². The number of rotatable bonds is 5. The second kappa shape index (κ2) is 9.23. The lowest BCUT2D eigenvalue weighted by atomic mass is 10.1. The van der Waals surface area contributed by atoms with Crippen molar-refractivity contribution >= 4 is 34.7 Å². The van der Waals surface area contributed by atoms with Gasteiger partial charge in [-0.05, 0) is 42.7 Å². The molecule has 34 heavy (non-hydrogen) atoms. The number of carbonyl (C=O) groups is 1. The van der Waals surface area contributed by atoms with Gasteiger partial charge in [0.15, 0.2) is 0 Å². The smallest absolute Gasteiger partial charge is 0.404 e. The van der Waals surface area contributed by atoms with Crippen molar-refractivity contribution in [2.24, 2.45) is 0 Å². The van der Waals surface area contributed by atoms with E-state index in [1.807, 2.05) is 70.1 Å². The fourth-order valence-electron chi connectivity index (χ4n) is 4.56. The molecule has 1 aliphatic rings. The molecule has 9 heteroatoms. The molecule has 1 aliphatic heterocycles. The number of para-hydroxylation sites is 1. The molecule has 0 aliphatic carbocycles. The van der Waals surface area contributed by atoms with Crippen LogP contribution in [0.5, 0.6) is 0 Å². The minimum absolute atomic E-state index is 0.174. The Morgan fingerprint density at radius 1 is 1.12 bits per heavy atom. The molecule has 2 N–H and O–H groups in total. The summed E-state index contributed by atoms with van der Waals surface area (Å²) >= 11 is 6.47. The zero-order valence-corrected chi connectivity index (χ0v) is 19.2. The van der Waals surface area contributed by atoms with Crippen LogP contribution < -0.4 is 15.8 Å². The van der Waals surface area contributed by atoms with Crippen LogP contribution in [0.3, 0.4) is 0 Å². The second-order valence-corrected chi connectivity index (χ2v) is 8.79. The molecule has 0 bridgehead atoms. The lowest BCUT2D eigenvalue weighted by molar-refractivity contribution is 0.188. The topological polar surface area (TPSA) is 92.4 Å². The fraction of sp³-hybridized carbons (Fsp3) is 0.240. The summed E-state index contributed by atoms with van der Waals surface area (Å²) in [6.45, 7) is 1.56. The van der Waals surface area contributed by atoms with Gasteiger partial charge in [0.05, 0.1) is 12.1 Å². The van der Waals surface area contributed by atoms with E-state index in [0.717, 1.165) is 30.6 Å². The standard InChI is InChI=1S/C25H24ClN5O3/c26-20-11-5-4-7-17(20)15-31-22-21(12-14-30(23(22)32)19-9-2-1-3-10-19)28-24(31)29-13-6-8-18(16-29)27-25(33)34/h1-5,7,9-12,14,18,27H,6,8,13,15-16H2,(H,33,34)/t18-/m1/s1. The first-order valence-electron chi connectivity index (χ1n) is 11.2. The number of benzene rings is 2. The highest BCUT2D eigenvalue weighted by Gasteiger charge is 2.27. The molecule has 1 atom stereocenters. The number of amides is 1. The number of carboxylic acid groups (broad SMARTS) is 1. The number of anilines is 1. The highest BCUT2D eigenvalue weighted by molar-refractivity contribution is 6.31. The van der Waals surface area contributed by atoms with E-state index in [-0.39, 0.29) is 11.6 Å². The molecule has 3 heterocycles. The predicted molar refractivity (Wildman–Crippen MR) is 132 cm³/mol. The van der Waals surface area contributed by atoms with Gasteiger partial charge < -0.3 is 19.9 Å². The van der Waals surface area contributed by atoms with Gasteiger partial charge in [-0.25, -0.2) is 9.78 Å². The number of hydrogen-bond donors (Lipinski definition) is 2. The molecule has 174 valence electrons. The Balaban J connectivity index is 1.65. The minimum Gasteiger partial charge on any atom is -0.465 e. The summed E-state index contributed by atoms with van der Waals surface area (Å²) in [5.74, 6) is 0.634. The minimum atomic E-state index is -1.04. The van der Waals surface area contributed by atoms with Gasteiger partial charge in [0.1, 0.15) is 5.52 Å². The average molecular weight is 478 g/mol. The van der Waals surface area contributed by atoms with Gasteiger partial charge in [0.25, 0.3) is 5.56 Å². The number of piperidine rings is 1. The van der Waals surface area contributed by atoms with Crippen LogP contribution in [0.4, 0.5) is 10.7 Å². The number of aromatic nitrogens is 3. The number of pyridine rings is 1. The molecular formula is C25H24ClN5O3. The first-order chi connectivity index (χ1) is 16.5. The van der Waals surface area contributed by atoms with Gasteiger partial charge in [-0.15, -0.1) is 0 Å². The molecule has 0 radical (unpaired) electrons. The molecule has 4 aromatic rings. The van der Waals surface area contributed by atoms with Crippen molar-refractivity contribution in [3.63, 3.8) is 0 Å². The summed E-state index contributed by atoms with van der Waals surface area (Å²) in [5, 5.41) is 12.4. The molecule has 1 fully saturated rings. The van der Waals surface area contributed by atoms with Crippen LogP contribution in [0.15, 0.2) is 71.7 Å². The molecule has 0 spiro atoms. The normalized spacial score (nSPS) is 16.0. The third-order valence-electron chi connectivity index (χ3n) is 6.13. The average Bonchev–Trinajstić information content (AvgIpc) is 3.20. The summed E-state index contributed by atoms with van der Waals surface area (Å²) in [5.41, 5.74) is 2.54. The third-order valence-corrected chi connectivity index (χ3v) is 6.50. The van der Waals surface area contributed by atoms with Crippen molar-refractivity contribution in [3.8, 4) is 5.69 Å². The van der Waals surface area contributed by atoms with Crippen LogP contribution in [0, 0.1) is 0 Å². The zero-order chi connectivity index (χ0) is 23.7. The van der Waals surface area contributed by atoms with E-state index in [0.29, 0.717) is 35.1 Å². The number of hydrogen-bond acceptors (Lipinski definition) is 4. The molecule has 0 saturated carbocycles. The van der Waals surface area contributed by atoms with Crippen molar-refractivity contribution in [1.29, 1.82) is 0 Å². The van der Waals surface area contributed by atoms with Gasteiger partial charge in [-0.3, -0.25) is 9.36 Å². The maximum Gasteiger partial charge on any atom is 0.404 e. The van der Waals surface area contributed by atoms with Crippen molar-refractivity contribution < 1.29 is 9.90 Å². The fourth-order valence-corrected chi connectivity index (χ4v) is 4.75. The lowest BCUT2D eigenvalue weighted by Crippen LogP contribution is -2.48. The molecular weight excluding hydrogens is 454 g/mol. The highest BCUT2D eigenvalue weighted by Crippen LogP contribution is 2.27. The SMILES string of the molecule is O=C(O)N[C@@H]1CCCN(c2nc3ccn(-c4ccccc4)c(=O)c3n2Cc2ccccc2Cl)C1. The maximum absolute atomic E-state index is 13.7. The van der Waals surface area contributed by atoms with Crippen molar-refractivity contribution in [1.82, 2.24) is 19.4 Å². The summed E-state index contributed by atoms with van der Waals surface area (Å²) in [4.78, 5) is 31.8. The van der Waals surface area contributed by atoms with Crippen LogP contribution in [-0.4, -0.2) is 44.4 Å². The van der Waals surface area contributed by atoms with E-state index in [4.69, 9.17) is 16.6 Å². The Labute approximate surface area is 201 Å². The van der Waals surface area contributed by atoms with Crippen molar-refractivity contribution in [2.75, 3.05) is 18.0 Å². The second-order valence-electron chi connectivity index (χ2n) is 8.38. The number of halogens is 1. The van der Waals surface area contributed by atoms with Crippen LogP contribution >= 0.6 is 11.6 Å². The molecule has 8 nitrogen and oxygen atoms in total. The van der Waals surface area contributed by atoms with E-state index in [2.05, 4.69) is 5.32 Å². The first-order valence-corrected chi connectivity index (χ1v) is 11.5. The Morgan fingerprint density at radius 2 is 1.88 bits per heavy atom. The quantitative estimate of drug-likeness (QED) is 0.451. The molecule has 2 aromatic carbocycles. The Bertz CT molecular complexity index is 1400. The molecule has 5 rings (SSSR count). The van der Waals surface area contributed by atoms with Gasteiger partial charge in [-0.1, -0.05) is 48.0 Å². The molecule has 1 saturated heterocycles. The number of nitrogens with zero attached hydrogens (tertiary/aromatic N) is 4. The number of fused-ring (bicyclic) bond motifs is 1. The Kier molecular flexibility index (Phi) is 5.98. The first kappa shape index (κ1) is 22.0. The number of nitrogens with one attached hydrogen (secondary N) is 1. The predicted octanol–water partition coefficient (Wildman–Crippen LogP) is 4.13. The van der Waals surface area contributed by atoms with Crippen molar-refractivity contribution in [3.05, 3.63) is 87.8 Å². The van der Waals surface area contributed by atoms with E-state index in [9.17, 15) is 14.7 Å². The van der Waals surface area contributed by atoms with Gasteiger partial charge in [-0.2, -0.15) is 0 Å². The van der Waals surface area contributed by atoms with Gasteiger partial charge in [0.2, 0.25) is 5.95 Å². The molecule has 0 unspecified atom stereocenters. The highest BCUT2D eigenvalue weighted by atomic mass is 35.5. The van der Waals surface area contributed by atoms with Crippen LogP contribution in [0.2, 0.25) is 5.02 Å². The third kappa shape index (κ3) is 4.24.